The molecule has 0 amide bonds. The monoisotopic (exact) mass is 625 g/mol. The number of carbonyl (C=O) groups is 1. The van der Waals surface area contributed by atoms with Crippen molar-refractivity contribution in [2.45, 2.75) is 73.3 Å². The van der Waals surface area contributed by atoms with Gasteiger partial charge in [-0.2, -0.15) is 0 Å². The number of hydrogen-bond acceptors (Lipinski definition) is 5. The summed E-state index contributed by atoms with van der Waals surface area (Å²) in [6, 6.07) is 11.9. The van der Waals surface area contributed by atoms with Gasteiger partial charge in [-0.1, -0.05) is 95.0 Å². The van der Waals surface area contributed by atoms with Crippen LogP contribution >= 0.6 is 0 Å². The van der Waals surface area contributed by atoms with E-state index in [1.54, 1.807) is 13.1 Å². The maximum Gasteiger partial charge on any atom is 0.303 e. The second-order valence-electron chi connectivity index (χ2n) is 12.0. The van der Waals surface area contributed by atoms with Crippen LogP contribution in [0.15, 0.2) is 103 Å². The summed E-state index contributed by atoms with van der Waals surface area (Å²) in [7, 11) is 0. The van der Waals surface area contributed by atoms with Gasteiger partial charge in [0.2, 0.25) is 5.95 Å². The Morgan fingerprint density at radius 3 is 2.46 bits per heavy atom. The molecule has 1 aromatic carbocycles. The molecule has 244 valence electrons. The lowest BCUT2D eigenvalue weighted by molar-refractivity contribution is -0.138. The Bertz CT molecular complexity index is 1570. The molecule has 4 atom stereocenters. The Morgan fingerprint density at radius 1 is 1.04 bits per heavy atom. The SMILES string of the molecule is C=C(/C=C\C=C/C)Nc1nccc(-c2nc(-c3ccccc3)n(CCC(C)C(C)CC(C)CC(=O)O)c2C(C)/C=C\C(F)=C/C)n1. The Labute approximate surface area is 273 Å². The lowest BCUT2D eigenvalue weighted by Crippen LogP contribution is -2.17. The maximum atomic E-state index is 14.3. The fraction of sp³-hybridized carbons (Fsp3) is 0.368. The van der Waals surface area contributed by atoms with Gasteiger partial charge in [0.25, 0.3) is 0 Å². The average molecular weight is 626 g/mol. The number of imidazole rings is 1. The molecule has 7 nitrogen and oxygen atoms in total. The second-order valence-corrected chi connectivity index (χ2v) is 12.0. The lowest BCUT2D eigenvalue weighted by atomic mass is 9.84. The number of carboxylic acids is 1. The van der Waals surface area contributed by atoms with Gasteiger partial charge in [0.15, 0.2) is 0 Å². The number of allylic oxidation sites excluding steroid dienone is 8. The van der Waals surface area contributed by atoms with E-state index in [1.807, 2.05) is 87.5 Å². The molecule has 3 aromatic rings. The number of nitrogens with one attached hydrogen (secondary N) is 1. The molecule has 2 aromatic heterocycles. The van der Waals surface area contributed by atoms with Crippen molar-refractivity contribution in [2.75, 3.05) is 5.32 Å². The van der Waals surface area contributed by atoms with Crippen molar-refractivity contribution in [2.24, 2.45) is 17.8 Å². The molecule has 0 radical (unpaired) electrons. The van der Waals surface area contributed by atoms with Gasteiger partial charge in [-0.05, 0) is 62.7 Å². The van der Waals surface area contributed by atoms with Gasteiger partial charge >= 0.3 is 5.97 Å². The summed E-state index contributed by atoms with van der Waals surface area (Å²) in [5.41, 5.74) is 3.88. The molecule has 0 fully saturated rings. The molecule has 8 heteroatoms. The lowest BCUT2D eigenvalue weighted by Gasteiger charge is -2.24. The van der Waals surface area contributed by atoms with Crippen molar-refractivity contribution in [3.63, 3.8) is 0 Å². The van der Waals surface area contributed by atoms with Crippen molar-refractivity contribution >= 4 is 11.9 Å². The van der Waals surface area contributed by atoms with Crippen molar-refractivity contribution in [1.82, 2.24) is 19.5 Å². The Hall–Kier alpha value is -4.59. The van der Waals surface area contributed by atoms with Crippen LogP contribution in [0.4, 0.5) is 10.3 Å². The number of carboxylic acid groups (broad SMARTS) is 1. The summed E-state index contributed by atoms with van der Waals surface area (Å²) in [4.78, 5) is 25.7. The predicted octanol–water partition coefficient (Wildman–Crippen LogP) is 9.76. The van der Waals surface area contributed by atoms with Crippen molar-refractivity contribution in [1.29, 1.82) is 0 Å². The second kappa shape index (κ2) is 17.8. The van der Waals surface area contributed by atoms with E-state index < -0.39 is 5.97 Å². The number of halogens is 1. The van der Waals surface area contributed by atoms with Gasteiger partial charge in [-0.15, -0.1) is 0 Å². The number of rotatable bonds is 17. The van der Waals surface area contributed by atoms with Crippen LogP contribution in [0.1, 0.15) is 72.4 Å². The first-order valence-corrected chi connectivity index (χ1v) is 16.0. The van der Waals surface area contributed by atoms with E-state index in [-0.39, 0.29) is 24.1 Å². The van der Waals surface area contributed by atoms with Crippen LogP contribution in [0.5, 0.6) is 0 Å². The molecule has 3 rings (SSSR count). The highest BCUT2D eigenvalue weighted by Gasteiger charge is 2.25. The van der Waals surface area contributed by atoms with Crippen LogP contribution in [0, 0.1) is 17.8 Å². The minimum atomic E-state index is -0.760. The van der Waals surface area contributed by atoms with E-state index >= 15 is 0 Å². The normalized spacial score (nSPS) is 15.0. The highest BCUT2D eigenvalue weighted by Crippen LogP contribution is 2.36. The van der Waals surface area contributed by atoms with E-state index in [2.05, 4.69) is 35.3 Å². The number of hydrogen-bond donors (Lipinski definition) is 2. The minimum absolute atomic E-state index is 0.104. The average Bonchev–Trinajstić information content (AvgIpc) is 3.42. The largest absolute Gasteiger partial charge is 0.481 e. The van der Waals surface area contributed by atoms with Crippen LogP contribution in [0.3, 0.4) is 0 Å². The Balaban J connectivity index is 2.10. The summed E-state index contributed by atoms with van der Waals surface area (Å²) in [6.45, 7) is 16.8. The third kappa shape index (κ3) is 10.5. The van der Waals surface area contributed by atoms with Gasteiger partial charge in [-0.3, -0.25) is 4.79 Å². The molecule has 0 spiro atoms. The molecule has 0 saturated heterocycles. The first-order valence-electron chi connectivity index (χ1n) is 16.0. The molecule has 2 N–H and O–H groups in total. The molecule has 0 aliphatic carbocycles. The molecular formula is C38H48FN5O2. The maximum absolute atomic E-state index is 14.3. The zero-order valence-electron chi connectivity index (χ0n) is 28.0. The highest BCUT2D eigenvalue weighted by molar-refractivity contribution is 5.68. The quantitative estimate of drug-likeness (QED) is 0.145. The van der Waals surface area contributed by atoms with Crippen LogP contribution in [0.2, 0.25) is 0 Å². The van der Waals surface area contributed by atoms with Gasteiger partial charge < -0.3 is 15.0 Å². The molecule has 0 saturated carbocycles. The molecule has 0 aliphatic heterocycles. The van der Waals surface area contributed by atoms with E-state index in [4.69, 9.17) is 9.97 Å². The third-order valence-corrected chi connectivity index (χ3v) is 8.14. The van der Waals surface area contributed by atoms with E-state index in [0.717, 1.165) is 29.9 Å². The summed E-state index contributed by atoms with van der Waals surface area (Å²) >= 11 is 0. The molecule has 0 bridgehead atoms. The molecular weight excluding hydrogens is 577 g/mol. The van der Waals surface area contributed by atoms with Gasteiger partial charge in [0, 0.05) is 36.3 Å². The number of aromatic nitrogens is 4. The van der Waals surface area contributed by atoms with E-state index in [1.165, 1.54) is 12.2 Å². The van der Waals surface area contributed by atoms with Crippen molar-refractivity contribution < 1.29 is 14.3 Å². The van der Waals surface area contributed by atoms with Crippen molar-refractivity contribution in [3.8, 4) is 22.8 Å². The minimum Gasteiger partial charge on any atom is -0.481 e. The summed E-state index contributed by atoms with van der Waals surface area (Å²) in [5, 5.41) is 12.4. The zero-order valence-corrected chi connectivity index (χ0v) is 28.0. The van der Waals surface area contributed by atoms with E-state index in [0.29, 0.717) is 41.4 Å². The summed E-state index contributed by atoms with van der Waals surface area (Å²) < 4.78 is 16.5. The van der Waals surface area contributed by atoms with Crippen LogP contribution in [0.25, 0.3) is 22.8 Å². The van der Waals surface area contributed by atoms with Crippen LogP contribution in [-0.2, 0) is 11.3 Å². The Kier molecular flexibility index (Phi) is 13.9. The van der Waals surface area contributed by atoms with Crippen LogP contribution < -0.4 is 5.32 Å². The standard InChI is InChI=1S/C38H48FN5O2/c1-8-10-12-15-30(7)41-38-40-22-20-33(42-38)35-36(28(5)18-19-32(39)9-2)44(37(43-35)31-16-13-11-14-17-31)23-21-27(4)29(6)24-26(3)25-34(45)46/h8-20,22,26-29H,7,21,23-25H2,1-6H3,(H,45,46)(H,40,41,42)/b10-8-,15-12-,19-18-,32-9+. The first-order chi connectivity index (χ1) is 22.0. The van der Waals surface area contributed by atoms with Crippen LogP contribution in [-0.4, -0.2) is 30.6 Å². The number of aliphatic carboxylic acids is 1. The van der Waals surface area contributed by atoms with Gasteiger partial charge in [0.1, 0.15) is 17.3 Å². The molecule has 46 heavy (non-hydrogen) atoms. The zero-order chi connectivity index (χ0) is 33.6. The number of anilines is 1. The third-order valence-electron chi connectivity index (χ3n) is 8.14. The summed E-state index contributed by atoms with van der Waals surface area (Å²) in [6.07, 6.45) is 15.9. The first kappa shape index (κ1) is 35.9. The number of benzene rings is 1. The van der Waals surface area contributed by atoms with Gasteiger partial charge in [-0.25, -0.2) is 19.3 Å². The summed E-state index contributed by atoms with van der Waals surface area (Å²) in [5.74, 6) is 0.724. The van der Waals surface area contributed by atoms with E-state index in [9.17, 15) is 14.3 Å². The fourth-order valence-electron chi connectivity index (χ4n) is 5.46. The molecule has 0 aliphatic rings. The number of nitrogens with zero attached hydrogens (tertiary/aromatic N) is 4. The van der Waals surface area contributed by atoms with Gasteiger partial charge in [0.05, 0.1) is 11.4 Å². The topological polar surface area (TPSA) is 92.9 Å². The highest BCUT2D eigenvalue weighted by atomic mass is 19.1. The fourth-order valence-corrected chi connectivity index (χ4v) is 5.46. The Morgan fingerprint density at radius 2 is 1.78 bits per heavy atom. The molecule has 2 heterocycles. The smallest absolute Gasteiger partial charge is 0.303 e. The van der Waals surface area contributed by atoms with Crippen molar-refractivity contribution in [3.05, 3.63) is 109 Å². The predicted molar refractivity (Wildman–Crippen MR) is 187 cm³/mol. The molecule has 4 unspecified atom stereocenters.